The molecule has 1 aliphatic rings. The molecular weight excluding hydrogens is 408 g/mol. The van der Waals surface area contributed by atoms with Gasteiger partial charge in [-0.15, -0.1) is 10.2 Å². The molecule has 1 fully saturated rings. The number of carbonyl (C=O) groups is 2. The highest BCUT2D eigenvalue weighted by atomic mass is 32.2. The smallest absolute Gasteiger partial charge is 0.333 e. The maximum atomic E-state index is 12.2. The van der Waals surface area contributed by atoms with Gasteiger partial charge >= 0.3 is 5.97 Å². The zero-order chi connectivity index (χ0) is 20.4. The Morgan fingerprint density at radius 1 is 1.34 bits per heavy atom. The van der Waals surface area contributed by atoms with Crippen molar-refractivity contribution in [2.75, 3.05) is 24.7 Å². The summed E-state index contributed by atoms with van der Waals surface area (Å²) in [7, 11) is 0. The van der Waals surface area contributed by atoms with Crippen LogP contribution in [-0.2, 0) is 14.3 Å². The van der Waals surface area contributed by atoms with Gasteiger partial charge in [-0.25, -0.2) is 4.79 Å². The molecule has 9 heteroatoms. The summed E-state index contributed by atoms with van der Waals surface area (Å²) in [5, 5.41) is 11.2. The lowest BCUT2D eigenvalue weighted by molar-refractivity contribution is -0.137. The maximum Gasteiger partial charge on any atom is 0.333 e. The van der Waals surface area contributed by atoms with Crippen molar-refractivity contribution in [3.05, 3.63) is 47.0 Å². The number of carbonyl (C=O) groups excluding carboxylic acids is 2. The number of benzene rings is 1. The Hall–Kier alpha value is -2.52. The summed E-state index contributed by atoms with van der Waals surface area (Å²) in [5.74, 6) is 0.550. The first kappa shape index (κ1) is 19.8. The number of thioether (sulfide) groups is 2. The number of aryl methyl sites for hydroxylation is 1. The van der Waals surface area contributed by atoms with Crippen molar-refractivity contribution < 1.29 is 14.3 Å². The minimum atomic E-state index is -0.423. The van der Waals surface area contributed by atoms with E-state index in [0.29, 0.717) is 29.7 Å². The van der Waals surface area contributed by atoms with E-state index in [-0.39, 0.29) is 5.91 Å². The van der Waals surface area contributed by atoms with Crippen LogP contribution < -0.4 is 0 Å². The number of pyridine rings is 1. The summed E-state index contributed by atoms with van der Waals surface area (Å²) in [6.45, 7) is 4.62. The van der Waals surface area contributed by atoms with Crippen molar-refractivity contribution in [1.82, 2.24) is 19.5 Å². The average Bonchev–Trinajstić information content (AvgIpc) is 3.26. The van der Waals surface area contributed by atoms with E-state index in [2.05, 4.69) is 29.3 Å². The molecule has 0 spiro atoms. The number of para-hydroxylation sites is 1. The molecule has 2 aromatic heterocycles. The Bertz CT molecular complexity index is 1130. The van der Waals surface area contributed by atoms with Crippen molar-refractivity contribution in [3.63, 3.8) is 0 Å². The van der Waals surface area contributed by atoms with Crippen LogP contribution in [-0.4, -0.2) is 56.0 Å². The number of fused-ring (bicyclic) bond motifs is 3. The summed E-state index contributed by atoms with van der Waals surface area (Å²) >= 11 is 2.90. The highest BCUT2D eigenvalue weighted by Crippen LogP contribution is 2.30. The Kier molecular flexibility index (Phi) is 5.77. The van der Waals surface area contributed by atoms with Gasteiger partial charge in [0, 0.05) is 17.7 Å². The van der Waals surface area contributed by atoms with Gasteiger partial charge in [0.25, 0.3) is 0 Å². The fourth-order valence-electron chi connectivity index (χ4n) is 3.25. The molecule has 0 atom stereocenters. The first-order chi connectivity index (χ1) is 14.1. The normalized spacial score (nSPS) is 15.7. The minimum absolute atomic E-state index is 0.00155. The third-order valence-electron chi connectivity index (χ3n) is 4.56. The minimum Gasteiger partial charge on any atom is -0.463 e. The second-order valence-electron chi connectivity index (χ2n) is 6.44. The van der Waals surface area contributed by atoms with Crippen LogP contribution in [0.3, 0.4) is 0 Å². The molecule has 0 saturated carbocycles. The second-order valence-corrected chi connectivity index (χ2v) is 8.50. The molecule has 0 bridgehead atoms. The Morgan fingerprint density at radius 3 is 3.00 bits per heavy atom. The largest absolute Gasteiger partial charge is 0.463 e. The molecule has 1 aromatic carbocycles. The van der Waals surface area contributed by atoms with Crippen molar-refractivity contribution >= 4 is 52.0 Å². The zero-order valence-electron chi connectivity index (χ0n) is 16.1. The Labute approximate surface area is 176 Å². The zero-order valence-corrected chi connectivity index (χ0v) is 17.8. The Morgan fingerprint density at radius 2 is 2.17 bits per heavy atom. The average molecular weight is 429 g/mol. The molecule has 150 valence electrons. The van der Waals surface area contributed by atoms with Gasteiger partial charge in [0.05, 0.1) is 29.0 Å². The van der Waals surface area contributed by atoms with E-state index in [1.165, 1.54) is 17.8 Å². The molecular formula is C20H20N4O3S2. The number of rotatable bonds is 6. The molecule has 7 nitrogen and oxygen atoms in total. The second kappa shape index (κ2) is 8.46. The van der Waals surface area contributed by atoms with E-state index >= 15 is 0 Å². The lowest BCUT2D eigenvalue weighted by Gasteiger charge is -2.16. The van der Waals surface area contributed by atoms with Crippen molar-refractivity contribution in [2.24, 2.45) is 0 Å². The SMILES string of the molecule is CCOC(=O)/C=C1/SCC(=O)N1CCSc1nnc2cc(C)c3ccccc3n12. The number of amides is 1. The molecule has 1 amide bonds. The van der Waals surface area contributed by atoms with Gasteiger partial charge in [-0.05, 0) is 31.5 Å². The van der Waals surface area contributed by atoms with Gasteiger partial charge in [-0.2, -0.15) is 0 Å². The number of aromatic nitrogens is 3. The monoisotopic (exact) mass is 428 g/mol. The summed E-state index contributed by atoms with van der Waals surface area (Å²) in [6.07, 6.45) is 1.40. The van der Waals surface area contributed by atoms with E-state index in [1.807, 2.05) is 22.6 Å². The van der Waals surface area contributed by atoms with Crippen molar-refractivity contribution in [1.29, 1.82) is 0 Å². The molecule has 4 rings (SSSR count). The van der Waals surface area contributed by atoms with Gasteiger partial charge in [0.1, 0.15) is 0 Å². The molecule has 3 heterocycles. The fourth-order valence-corrected chi connectivity index (χ4v) is 5.08. The van der Waals surface area contributed by atoms with E-state index in [9.17, 15) is 9.59 Å². The van der Waals surface area contributed by atoms with E-state index in [4.69, 9.17) is 4.74 Å². The van der Waals surface area contributed by atoms with Gasteiger partial charge in [0.15, 0.2) is 10.8 Å². The third kappa shape index (κ3) is 3.97. The topological polar surface area (TPSA) is 76.8 Å². The van der Waals surface area contributed by atoms with Gasteiger partial charge in [-0.3, -0.25) is 9.20 Å². The number of ether oxygens (including phenoxy) is 1. The van der Waals surface area contributed by atoms with Gasteiger partial charge in [0.2, 0.25) is 5.91 Å². The summed E-state index contributed by atoms with van der Waals surface area (Å²) < 4.78 is 7.00. The van der Waals surface area contributed by atoms with Crippen LogP contribution in [0.1, 0.15) is 12.5 Å². The number of hydrogen-bond acceptors (Lipinski definition) is 7. The molecule has 1 saturated heterocycles. The van der Waals surface area contributed by atoms with Crippen LogP contribution >= 0.6 is 23.5 Å². The number of esters is 1. The van der Waals surface area contributed by atoms with Crippen LogP contribution in [0.25, 0.3) is 16.6 Å². The van der Waals surface area contributed by atoms with E-state index in [1.54, 1.807) is 23.6 Å². The third-order valence-corrected chi connectivity index (χ3v) is 6.49. The van der Waals surface area contributed by atoms with Crippen LogP contribution in [0, 0.1) is 6.92 Å². The number of hydrogen-bond donors (Lipinski definition) is 0. The summed E-state index contributed by atoms with van der Waals surface area (Å²) in [6, 6.07) is 10.2. The van der Waals surface area contributed by atoms with Crippen LogP contribution in [0.15, 0.2) is 46.6 Å². The standard InChI is InChI=1S/C20H20N4O3S2/c1-3-27-19(26)11-18-23(17(25)12-29-18)8-9-28-20-22-21-16-10-13(2)14-6-4-5-7-15(14)24(16)20/h4-7,10-11H,3,8-9,12H2,1-2H3/b18-11+. The van der Waals surface area contributed by atoms with Gasteiger partial charge < -0.3 is 9.64 Å². The molecule has 1 aliphatic heterocycles. The molecule has 0 unspecified atom stereocenters. The lowest BCUT2D eigenvalue weighted by atomic mass is 10.1. The van der Waals surface area contributed by atoms with Gasteiger partial charge in [-0.1, -0.05) is 41.7 Å². The van der Waals surface area contributed by atoms with Crippen LogP contribution in [0.4, 0.5) is 0 Å². The van der Waals surface area contributed by atoms with Crippen molar-refractivity contribution in [2.45, 2.75) is 19.0 Å². The maximum absolute atomic E-state index is 12.2. The predicted molar refractivity (Wildman–Crippen MR) is 115 cm³/mol. The first-order valence-corrected chi connectivity index (χ1v) is 11.2. The Balaban J connectivity index is 1.52. The lowest BCUT2D eigenvalue weighted by Crippen LogP contribution is -2.27. The van der Waals surface area contributed by atoms with Crippen molar-refractivity contribution in [3.8, 4) is 0 Å². The quantitative estimate of drug-likeness (QED) is 0.339. The predicted octanol–water partition coefficient (Wildman–Crippen LogP) is 3.26. The molecule has 3 aromatic rings. The van der Waals surface area contributed by atoms with Crippen LogP contribution in [0.2, 0.25) is 0 Å². The highest BCUT2D eigenvalue weighted by Gasteiger charge is 2.27. The summed E-state index contributed by atoms with van der Waals surface area (Å²) in [4.78, 5) is 25.6. The molecule has 0 aliphatic carbocycles. The fraction of sp³-hybridized carbons (Fsp3) is 0.300. The molecule has 0 N–H and O–H groups in total. The molecule has 29 heavy (non-hydrogen) atoms. The molecule has 0 radical (unpaired) electrons. The number of nitrogens with zero attached hydrogens (tertiary/aromatic N) is 4. The van der Waals surface area contributed by atoms with Crippen LogP contribution in [0.5, 0.6) is 0 Å². The first-order valence-electron chi connectivity index (χ1n) is 9.26. The van der Waals surface area contributed by atoms with E-state index in [0.717, 1.165) is 27.3 Å². The summed E-state index contributed by atoms with van der Waals surface area (Å²) in [5.41, 5.74) is 3.02. The highest BCUT2D eigenvalue weighted by molar-refractivity contribution is 8.04. The van der Waals surface area contributed by atoms with E-state index < -0.39 is 5.97 Å².